The quantitative estimate of drug-likeness (QED) is 0.776. The first-order chi connectivity index (χ1) is 10.2. The fraction of sp³-hybridized carbons (Fsp3) is 0.550. The van der Waals surface area contributed by atoms with Crippen LogP contribution in [0.1, 0.15) is 71.6 Å². The van der Waals surface area contributed by atoms with E-state index in [1.807, 2.05) is 53.7 Å². The maximum atomic E-state index is 11.9. The van der Waals surface area contributed by atoms with E-state index in [1.54, 1.807) is 13.0 Å². The first-order valence-corrected chi connectivity index (χ1v) is 7.98. The Balaban J connectivity index is 3.81. The standard InChI is InChI=1S/C20H30O3/c1-9-10-20(8,17(22)23)13-11-14(18(2,3)4)16(21)15(12-13)19(5,6)7/h9,11-12,21H,1,10H2,2-8H3,(H,22,23). The van der Waals surface area contributed by atoms with Crippen molar-refractivity contribution in [2.45, 2.75) is 71.1 Å². The second kappa shape index (κ2) is 6.03. The highest BCUT2D eigenvalue weighted by atomic mass is 16.4. The van der Waals surface area contributed by atoms with Crippen LogP contribution in [0, 0.1) is 0 Å². The van der Waals surface area contributed by atoms with Gasteiger partial charge in [-0.2, -0.15) is 0 Å². The predicted molar refractivity (Wildman–Crippen MR) is 95.3 cm³/mol. The summed E-state index contributed by atoms with van der Waals surface area (Å²) in [6.45, 7) is 17.5. The summed E-state index contributed by atoms with van der Waals surface area (Å²) in [6.07, 6.45) is 1.97. The van der Waals surface area contributed by atoms with Gasteiger partial charge in [0.2, 0.25) is 0 Å². The lowest BCUT2D eigenvalue weighted by atomic mass is 9.72. The molecule has 1 aromatic rings. The number of benzene rings is 1. The Bertz CT molecular complexity index is 580. The lowest BCUT2D eigenvalue weighted by molar-refractivity contribution is -0.143. The van der Waals surface area contributed by atoms with E-state index in [9.17, 15) is 15.0 Å². The molecule has 0 aliphatic carbocycles. The number of aliphatic carboxylic acids is 1. The van der Waals surface area contributed by atoms with Gasteiger partial charge in [-0.05, 0) is 40.9 Å². The molecule has 3 nitrogen and oxygen atoms in total. The van der Waals surface area contributed by atoms with Crippen LogP contribution in [0.15, 0.2) is 24.8 Å². The van der Waals surface area contributed by atoms with Gasteiger partial charge in [-0.1, -0.05) is 59.8 Å². The average Bonchev–Trinajstić information content (AvgIpc) is 2.35. The van der Waals surface area contributed by atoms with Gasteiger partial charge < -0.3 is 10.2 Å². The SMILES string of the molecule is C=CCC(C)(C(=O)O)c1cc(C(C)(C)C)c(O)c(C(C)(C)C)c1. The van der Waals surface area contributed by atoms with E-state index >= 15 is 0 Å². The molecule has 2 N–H and O–H groups in total. The van der Waals surface area contributed by atoms with Gasteiger partial charge in [0.15, 0.2) is 0 Å². The zero-order valence-corrected chi connectivity index (χ0v) is 15.4. The van der Waals surface area contributed by atoms with Crippen LogP contribution in [0.4, 0.5) is 0 Å². The van der Waals surface area contributed by atoms with Gasteiger partial charge in [-0.3, -0.25) is 4.79 Å². The number of phenols is 1. The molecule has 0 aliphatic heterocycles. The molecule has 0 radical (unpaired) electrons. The van der Waals surface area contributed by atoms with Gasteiger partial charge in [0.05, 0.1) is 5.41 Å². The fourth-order valence-electron chi connectivity index (χ4n) is 2.71. The third kappa shape index (κ3) is 3.77. The molecule has 0 saturated carbocycles. The van der Waals surface area contributed by atoms with Crippen molar-refractivity contribution in [2.75, 3.05) is 0 Å². The summed E-state index contributed by atoms with van der Waals surface area (Å²) >= 11 is 0. The van der Waals surface area contributed by atoms with Crippen LogP contribution in [-0.2, 0) is 21.0 Å². The van der Waals surface area contributed by atoms with Crippen LogP contribution in [0.3, 0.4) is 0 Å². The van der Waals surface area contributed by atoms with Crippen molar-refractivity contribution in [1.82, 2.24) is 0 Å². The van der Waals surface area contributed by atoms with E-state index in [1.165, 1.54) is 0 Å². The molecule has 0 spiro atoms. The number of rotatable bonds is 4. The fourth-order valence-corrected chi connectivity index (χ4v) is 2.71. The summed E-state index contributed by atoms with van der Waals surface area (Å²) in [5, 5.41) is 20.5. The van der Waals surface area contributed by atoms with Crippen LogP contribution >= 0.6 is 0 Å². The minimum Gasteiger partial charge on any atom is -0.507 e. The Morgan fingerprint density at radius 3 is 1.70 bits per heavy atom. The lowest BCUT2D eigenvalue weighted by Crippen LogP contribution is -2.33. The smallest absolute Gasteiger partial charge is 0.314 e. The number of hydrogen-bond acceptors (Lipinski definition) is 2. The van der Waals surface area contributed by atoms with Crippen molar-refractivity contribution < 1.29 is 15.0 Å². The van der Waals surface area contributed by atoms with Crippen molar-refractivity contribution in [2.24, 2.45) is 0 Å². The zero-order chi connectivity index (χ0) is 18.2. The average molecular weight is 318 g/mol. The second-order valence-corrected chi connectivity index (χ2v) is 8.55. The first kappa shape index (κ1) is 19.3. The van der Waals surface area contributed by atoms with Crippen LogP contribution in [0.5, 0.6) is 5.75 Å². The number of carbonyl (C=O) groups is 1. The molecule has 1 rings (SSSR count). The van der Waals surface area contributed by atoms with Gasteiger partial charge in [0, 0.05) is 0 Å². The number of carboxylic acid groups (broad SMARTS) is 1. The van der Waals surface area contributed by atoms with Gasteiger partial charge in [0.25, 0.3) is 0 Å². The van der Waals surface area contributed by atoms with Gasteiger partial charge >= 0.3 is 5.97 Å². The third-order valence-corrected chi connectivity index (χ3v) is 4.39. The van der Waals surface area contributed by atoms with E-state index in [2.05, 4.69) is 6.58 Å². The molecular formula is C20H30O3. The molecule has 0 saturated heterocycles. The molecule has 3 heteroatoms. The van der Waals surface area contributed by atoms with E-state index in [4.69, 9.17) is 0 Å². The van der Waals surface area contributed by atoms with Crippen molar-refractivity contribution in [1.29, 1.82) is 0 Å². The minimum atomic E-state index is -1.06. The Hall–Kier alpha value is -1.77. The van der Waals surface area contributed by atoms with Gasteiger partial charge in [-0.15, -0.1) is 6.58 Å². The van der Waals surface area contributed by atoms with Crippen LogP contribution in [0.25, 0.3) is 0 Å². The molecule has 128 valence electrons. The predicted octanol–water partition coefficient (Wildman–Crippen LogP) is 4.91. The van der Waals surface area contributed by atoms with Crippen molar-refractivity contribution in [3.63, 3.8) is 0 Å². The highest BCUT2D eigenvalue weighted by molar-refractivity contribution is 5.81. The molecule has 1 atom stereocenters. The Labute approximate surface area is 140 Å². The largest absolute Gasteiger partial charge is 0.507 e. The number of phenolic OH excluding ortho intramolecular Hbond substituents is 1. The molecule has 1 unspecified atom stereocenters. The second-order valence-electron chi connectivity index (χ2n) is 8.55. The Morgan fingerprint density at radius 1 is 1.04 bits per heavy atom. The first-order valence-electron chi connectivity index (χ1n) is 7.98. The van der Waals surface area contributed by atoms with Crippen molar-refractivity contribution in [3.05, 3.63) is 41.5 Å². The number of hydrogen-bond donors (Lipinski definition) is 2. The van der Waals surface area contributed by atoms with Gasteiger partial charge in [-0.25, -0.2) is 0 Å². The summed E-state index contributed by atoms with van der Waals surface area (Å²) in [5.41, 5.74) is 0.627. The van der Waals surface area contributed by atoms with E-state index in [0.717, 1.165) is 11.1 Å². The highest BCUT2D eigenvalue weighted by Gasteiger charge is 2.37. The normalized spacial score (nSPS) is 15.1. The molecule has 0 amide bonds. The number of aromatic hydroxyl groups is 1. The summed E-state index contributed by atoms with van der Waals surface area (Å²) in [6, 6.07) is 3.67. The molecule has 1 aromatic carbocycles. The minimum absolute atomic E-state index is 0.264. The molecule has 0 aromatic heterocycles. The van der Waals surface area contributed by atoms with Crippen LogP contribution in [-0.4, -0.2) is 16.2 Å². The van der Waals surface area contributed by atoms with Crippen LogP contribution < -0.4 is 0 Å². The maximum Gasteiger partial charge on any atom is 0.314 e. The number of carboxylic acids is 1. The van der Waals surface area contributed by atoms with Gasteiger partial charge in [0.1, 0.15) is 5.75 Å². The van der Waals surface area contributed by atoms with E-state index in [0.29, 0.717) is 12.0 Å². The Kier molecular flexibility index (Phi) is 5.05. The lowest BCUT2D eigenvalue weighted by Gasteiger charge is -2.32. The molecule has 23 heavy (non-hydrogen) atoms. The van der Waals surface area contributed by atoms with Crippen molar-refractivity contribution in [3.8, 4) is 5.75 Å². The summed E-state index contributed by atoms with van der Waals surface area (Å²) in [5.74, 6) is -0.622. The molecule has 0 heterocycles. The van der Waals surface area contributed by atoms with Crippen molar-refractivity contribution >= 4 is 5.97 Å². The Morgan fingerprint density at radius 2 is 1.43 bits per heavy atom. The summed E-state index contributed by atoms with van der Waals surface area (Å²) in [4.78, 5) is 11.9. The summed E-state index contributed by atoms with van der Waals surface area (Å²) < 4.78 is 0. The monoisotopic (exact) mass is 318 g/mol. The third-order valence-electron chi connectivity index (χ3n) is 4.39. The van der Waals surface area contributed by atoms with Crippen LogP contribution in [0.2, 0.25) is 0 Å². The topological polar surface area (TPSA) is 57.5 Å². The molecule has 0 bridgehead atoms. The summed E-state index contributed by atoms with van der Waals surface area (Å²) in [7, 11) is 0. The molecule has 0 aliphatic rings. The molecular weight excluding hydrogens is 288 g/mol. The maximum absolute atomic E-state index is 11.9. The molecule has 0 fully saturated rings. The van der Waals surface area contributed by atoms with E-state index < -0.39 is 11.4 Å². The highest BCUT2D eigenvalue weighted by Crippen LogP contribution is 2.43. The zero-order valence-electron chi connectivity index (χ0n) is 15.4. The van der Waals surface area contributed by atoms with E-state index in [-0.39, 0.29) is 16.6 Å². The number of allylic oxidation sites excluding steroid dienone is 1.